The van der Waals surface area contributed by atoms with Crippen LogP contribution in [0.4, 0.5) is 5.69 Å². The molecule has 0 radical (unpaired) electrons. The topological polar surface area (TPSA) is 52.6 Å². The zero-order chi connectivity index (χ0) is 17.6. The summed E-state index contributed by atoms with van der Waals surface area (Å²) in [5, 5.41) is 12.7. The van der Waals surface area contributed by atoms with Gasteiger partial charge in [0.15, 0.2) is 0 Å². The van der Waals surface area contributed by atoms with Gasteiger partial charge in [-0.3, -0.25) is 4.79 Å². The Morgan fingerprint density at radius 3 is 2.44 bits per heavy atom. The number of carbonyl (C=O) groups is 1. The fourth-order valence-electron chi connectivity index (χ4n) is 4.11. The Balaban J connectivity index is 1.46. The van der Waals surface area contributed by atoms with Crippen LogP contribution in [-0.2, 0) is 0 Å². The minimum Gasteiger partial charge on any atom is -0.393 e. The number of anilines is 1. The Kier molecular flexibility index (Phi) is 6.35. The number of aliphatic hydroxyl groups is 1. The molecular formula is C21H32N2O2. The lowest BCUT2D eigenvalue weighted by Gasteiger charge is -2.31. The highest BCUT2D eigenvalue weighted by Crippen LogP contribution is 2.29. The van der Waals surface area contributed by atoms with Crippen LogP contribution in [0.1, 0.15) is 68.6 Å². The number of rotatable bonds is 6. The Bertz CT molecular complexity index is 544. The molecule has 3 rings (SSSR count). The van der Waals surface area contributed by atoms with E-state index in [0.717, 1.165) is 49.5 Å². The molecule has 4 heteroatoms. The van der Waals surface area contributed by atoms with Crippen LogP contribution in [0.25, 0.3) is 0 Å². The van der Waals surface area contributed by atoms with Gasteiger partial charge in [0.05, 0.1) is 6.10 Å². The Hall–Kier alpha value is -1.55. The third-order valence-corrected chi connectivity index (χ3v) is 5.82. The molecule has 0 bridgehead atoms. The van der Waals surface area contributed by atoms with Crippen molar-refractivity contribution in [1.82, 2.24) is 5.32 Å². The minimum atomic E-state index is -0.160. The van der Waals surface area contributed by atoms with Gasteiger partial charge in [-0.15, -0.1) is 0 Å². The first-order valence-corrected chi connectivity index (χ1v) is 9.96. The van der Waals surface area contributed by atoms with Crippen LogP contribution in [0, 0.1) is 5.92 Å². The van der Waals surface area contributed by atoms with Gasteiger partial charge in [-0.1, -0.05) is 25.7 Å². The fourth-order valence-corrected chi connectivity index (χ4v) is 4.11. The maximum atomic E-state index is 12.4. The number of hydrogen-bond donors (Lipinski definition) is 2. The summed E-state index contributed by atoms with van der Waals surface area (Å²) in [6.45, 7) is 3.87. The molecule has 1 saturated heterocycles. The van der Waals surface area contributed by atoms with E-state index in [1.54, 1.807) is 0 Å². The van der Waals surface area contributed by atoms with Crippen molar-refractivity contribution in [3.8, 4) is 0 Å². The summed E-state index contributed by atoms with van der Waals surface area (Å²) in [6.07, 6.45) is 9.30. The average Bonchev–Trinajstić information content (AvgIpc) is 3.14. The smallest absolute Gasteiger partial charge is 0.251 e. The third-order valence-electron chi connectivity index (χ3n) is 5.82. The number of benzene rings is 1. The van der Waals surface area contributed by atoms with Crippen LogP contribution >= 0.6 is 0 Å². The number of nitrogens with one attached hydrogen (secondary N) is 1. The molecule has 1 atom stereocenters. The number of aliphatic hydroxyl groups excluding tert-OH is 1. The summed E-state index contributed by atoms with van der Waals surface area (Å²) in [7, 11) is 0. The minimum absolute atomic E-state index is 0.0274. The van der Waals surface area contributed by atoms with E-state index in [1.807, 2.05) is 24.3 Å². The molecule has 0 spiro atoms. The van der Waals surface area contributed by atoms with Crippen molar-refractivity contribution in [3.63, 3.8) is 0 Å². The van der Waals surface area contributed by atoms with Crippen LogP contribution in [0.15, 0.2) is 24.3 Å². The van der Waals surface area contributed by atoms with Crippen molar-refractivity contribution in [1.29, 1.82) is 0 Å². The summed E-state index contributed by atoms with van der Waals surface area (Å²) in [6, 6.07) is 8.11. The summed E-state index contributed by atoms with van der Waals surface area (Å²) < 4.78 is 0. The second kappa shape index (κ2) is 8.70. The molecule has 2 N–H and O–H groups in total. The lowest BCUT2D eigenvalue weighted by molar-refractivity contribution is 0.0937. The van der Waals surface area contributed by atoms with Crippen LogP contribution in [0.3, 0.4) is 0 Å². The van der Waals surface area contributed by atoms with Crippen molar-refractivity contribution in [2.75, 3.05) is 18.0 Å². The number of piperidine rings is 1. The van der Waals surface area contributed by atoms with E-state index in [9.17, 15) is 9.90 Å². The van der Waals surface area contributed by atoms with Crippen molar-refractivity contribution >= 4 is 11.6 Å². The van der Waals surface area contributed by atoms with Crippen LogP contribution in [0.2, 0.25) is 0 Å². The van der Waals surface area contributed by atoms with E-state index in [1.165, 1.54) is 32.1 Å². The molecule has 1 aliphatic carbocycles. The SMILES string of the molecule is CC(CCC1CCCC1)NC(=O)c1ccc(N2CCC(O)CC2)cc1. The largest absolute Gasteiger partial charge is 0.393 e. The van der Waals surface area contributed by atoms with E-state index in [4.69, 9.17) is 0 Å². The van der Waals surface area contributed by atoms with Gasteiger partial charge in [0.25, 0.3) is 5.91 Å². The predicted octanol–water partition coefficient (Wildman–Crippen LogP) is 3.74. The first kappa shape index (κ1) is 18.2. The van der Waals surface area contributed by atoms with Gasteiger partial charge in [0, 0.05) is 30.4 Å². The van der Waals surface area contributed by atoms with Crippen LogP contribution in [0.5, 0.6) is 0 Å². The summed E-state index contributed by atoms with van der Waals surface area (Å²) >= 11 is 0. The lowest BCUT2D eigenvalue weighted by atomic mass is 9.99. The van der Waals surface area contributed by atoms with Gasteiger partial charge < -0.3 is 15.3 Å². The molecule has 4 nitrogen and oxygen atoms in total. The van der Waals surface area contributed by atoms with Gasteiger partial charge in [-0.05, 0) is 62.8 Å². The van der Waals surface area contributed by atoms with E-state index in [2.05, 4.69) is 17.1 Å². The van der Waals surface area contributed by atoms with E-state index < -0.39 is 0 Å². The van der Waals surface area contributed by atoms with E-state index >= 15 is 0 Å². The number of carbonyl (C=O) groups excluding carboxylic acids is 1. The Morgan fingerprint density at radius 2 is 1.80 bits per heavy atom. The molecule has 2 fully saturated rings. The normalized spacial score (nSPS) is 20.6. The lowest BCUT2D eigenvalue weighted by Crippen LogP contribution is -2.36. The zero-order valence-corrected chi connectivity index (χ0v) is 15.4. The van der Waals surface area contributed by atoms with E-state index in [-0.39, 0.29) is 18.1 Å². The number of nitrogens with zero attached hydrogens (tertiary/aromatic N) is 1. The molecule has 1 aromatic carbocycles. The fraction of sp³-hybridized carbons (Fsp3) is 0.667. The van der Waals surface area contributed by atoms with Gasteiger partial charge in [-0.25, -0.2) is 0 Å². The highest BCUT2D eigenvalue weighted by atomic mass is 16.3. The summed E-state index contributed by atoms with van der Waals surface area (Å²) in [5.41, 5.74) is 1.87. The second-order valence-electron chi connectivity index (χ2n) is 7.87. The van der Waals surface area contributed by atoms with Gasteiger partial charge in [0.2, 0.25) is 0 Å². The quantitative estimate of drug-likeness (QED) is 0.826. The molecule has 1 unspecified atom stereocenters. The maximum absolute atomic E-state index is 12.4. The first-order chi connectivity index (χ1) is 12.1. The molecule has 2 aliphatic rings. The predicted molar refractivity (Wildman–Crippen MR) is 102 cm³/mol. The standard InChI is InChI=1S/C21H32N2O2/c1-16(6-7-17-4-2-3-5-17)22-21(25)18-8-10-19(11-9-18)23-14-12-20(24)13-15-23/h8-11,16-17,20,24H,2-7,12-15H2,1H3,(H,22,25). The monoisotopic (exact) mass is 344 g/mol. The summed E-state index contributed by atoms with van der Waals surface area (Å²) in [5.74, 6) is 0.904. The summed E-state index contributed by atoms with van der Waals surface area (Å²) in [4.78, 5) is 14.7. The molecule has 1 saturated carbocycles. The molecule has 1 aliphatic heterocycles. The third kappa shape index (κ3) is 5.21. The van der Waals surface area contributed by atoms with Gasteiger partial charge in [-0.2, -0.15) is 0 Å². The highest BCUT2D eigenvalue weighted by Gasteiger charge is 2.19. The number of hydrogen-bond acceptors (Lipinski definition) is 3. The van der Waals surface area contributed by atoms with Crippen molar-refractivity contribution in [3.05, 3.63) is 29.8 Å². The molecule has 0 aromatic heterocycles. The first-order valence-electron chi connectivity index (χ1n) is 9.96. The second-order valence-corrected chi connectivity index (χ2v) is 7.87. The van der Waals surface area contributed by atoms with Gasteiger partial charge >= 0.3 is 0 Å². The molecule has 1 amide bonds. The van der Waals surface area contributed by atoms with Crippen LogP contribution < -0.4 is 10.2 Å². The molecule has 138 valence electrons. The Labute approximate surface area is 151 Å². The van der Waals surface area contributed by atoms with E-state index in [0.29, 0.717) is 0 Å². The highest BCUT2D eigenvalue weighted by molar-refractivity contribution is 5.94. The van der Waals surface area contributed by atoms with Crippen molar-refractivity contribution in [2.24, 2.45) is 5.92 Å². The maximum Gasteiger partial charge on any atom is 0.251 e. The number of amides is 1. The molecule has 1 heterocycles. The average molecular weight is 344 g/mol. The molecular weight excluding hydrogens is 312 g/mol. The van der Waals surface area contributed by atoms with Crippen LogP contribution in [-0.4, -0.2) is 36.2 Å². The van der Waals surface area contributed by atoms with Crippen molar-refractivity contribution in [2.45, 2.75) is 70.4 Å². The van der Waals surface area contributed by atoms with Gasteiger partial charge in [0.1, 0.15) is 0 Å². The zero-order valence-electron chi connectivity index (χ0n) is 15.4. The van der Waals surface area contributed by atoms with Crippen molar-refractivity contribution < 1.29 is 9.90 Å². The Morgan fingerprint density at radius 1 is 1.16 bits per heavy atom. The molecule has 25 heavy (non-hydrogen) atoms. The molecule has 1 aromatic rings.